The topological polar surface area (TPSA) is 40.5 Å². The van der Waals surface area contributed by atoms with E-state index >= 15 is 0 Å². The molecule has 0 saturated carbocycles. The summed E-state index contributed by atoms with van der Waals surface area (Å²) in [5, 5.41) is 19.1. The van der Waals surface area contributed by atoms with Crippen molar-refractivity contribution in [1.29, 1.82) is 0 Å². The normalized spacial score (nSPS) is 14.5. The first-order valence-corrected chi connectivity index (χ1v) is 8.24. The molecule has 0 saturated heterocycles. The Kier molecular flexibility index (Phi) is 4.56. The molecule has 1 aliphatic rings. The summed E-state index contributed by atoms with van der Waals surface area (Å²) in [5.74, 6) is -1.88. The minimum absolute atomic E-state index is 0.217. The van der Waals surface area contributed by atoms with Gasteiger partial charge in [0.1, 0.15) is 11.6 Å². The number of phenols is 2. The summed E-state index contributed by atoms with van der Waals surface area (Å²) in [7, 11) is 0. The largest absolute Gasteiger partial charge is 0.508 e. The number of hydrogen-bond donors (Lipinski definition) is 2. The molecule has 2 aromatic rings. The lowest BCUT2D eigenvalue weighted by Crippen LogP contribution is -1.97. The summed E-state index contributed by atoms with van der Waals surface area (Å²) >= 11 is 0. The van der Waals surface area contributed by atoms with Crippen molar-refractivity contribution in [3.63, 3.8) is 0 Å². The van der Waals surface area contributed by atoms with E-state index in [0.717, 1.165) is 60.1 Å². The van der Waals surface area contributed by atoms with Gasteiger partial charge in [-0.25, -0.2) is 8.78 Å². The lowest BCUT2D eigenvalue weighted by Gasteiger charge is -2.16. The zero-order valence-electron chi connectivity index (χ0n) is 13.6. The van der Waals surface area contributed by atoms with Gasteiger partial charge in [-0.3, -0.25) is 0 Å². The quantitative estimate of drug-likeness (QED) is 0.788. The van der Waals surface area contributed by atoms with E-state index in [1.54, 1.807) is 12.1 Å². The van der Waals surface area contributed by atoms with E-state index in [1.165, 1.54) is 0 Å². The second kappa shape index (κ2) is 6.63. The monoisotopic (exact) mass is 330 g/mol. The van der Waals surface area contributed by atoms with Crippen molar-refractivity contribution in [2.45, 2.75) is 39.0 Å². The molecule has 2 nitrogen and oxygen atoms in total. The molecule has 0 atom stereocenters. The second-order valence-corrected chi connectivity index (χ2v) is 6.19. The van der Waals surface area contributed by atoms with Crippen molar-refractivity contribution in [2.24, 2.45) is 0 Å². The Balaban J connectivity index is 2.24. The number of fused-ring (bicyclic) bond motifs is 1. The number of rotatable bonds is 3. The predicted molar refractivity (Wildman–Crippen MR) is 90.8 cm³/mol. The van der Waals surface area contributed by atoms with E-state index in [1.807, 2.05) is 13.0 Å². The van der Waals surface area contributed by atoms with E-state index < -0.39 is 17.4 Å². The van der Waals surface area contributed by atoms with Crippen molar-refractivity contribution in [3.05, 3.63) is 58.7 Å². The number of benzene rings is 2. The molecule has 126 valence electrons. The van der Waals surface area contributed by atoms with Crippen molar-refractivity contribution in [2.75, 3.05) is 0 Å². The highest BCUT2D eigenvalue weighted by molar-refractivity contribution is 5.92. The molecule has 1 aliphatic carbocycles. The average Bonchev–Trinajstić information content (AvgIpc) is 2.71. The van der Waals surface area contributed by atoms with Gasteiger partial charge in [0.2, 0.25) is 0 Å². The maximum absolute atomic E-state index is 14.4. The number of halogens is 2. The first-order valence-electron chi connectivity index (χ1n) is 8.24. The standard InChI is InChI=1S/C20H20F2O2/c1-2-4-15-14-8-7-13(23)9-12(14)5-3-6-16(15)17-10-19(22)20(24)11-18(17)21/h7-11,23-24H,2-6H2,1H3. The molecule has 0 bridgehead atoms. The van der Waals surface area contributed by atoms with Crippen LogP contribution in [0.5, 0.6) is 11.5 Å². The minimum Gasteiger partial charge on any atom is -0.508 e. The van der Waals surface area contributed by atoms with Crippen molar-refractivity contribution in [3.8, 4) is 11.5 Å². The third-order valence-electron chi connectivity index (χ3n) is 4.51. The van der Waals surface area contributed by atoms with Gasteiger partial charge in [-0.15, -0.1) is 0 Å². The first-order chi connectivity index (χ1) is 11.5. The highest BCUT2D eigenvalue weighted by atomic mass is 19.1. The van der Waals surface area contributed by atoms with Crippen LogP contribution in [0.25, 0.3) is 11.1 Å². The van der Waals surface area contributed by atoms with Crippen LogP contribution in [-0.2, 0) is 6.42 Å². The number of phenolic OH excluding ortho intramolecular Hbond substituents is 2. The fraction of sp³-hybridized carbons (Fsp3) is 0.300. The van der Waals surface area contributed by atoms with Crippen LogP contribution in [0, 0.1) is 11.6 Å². The SMILES string of the molecule is CCCC1=C(c2cc(F)c(O)cc2F)CCCc2cc(O)ccc21. The van der Waals surface area contributed by atoms with Crippen LogP contribution in [0.15, 0.2) is 30.3 Å². The molecule has 0 fully saturated rings. The molecule has 0 spiro atoms. The van der Waals surface area contributed by atoms with Gasteiger partial charge in [0.15, 0.2) is 11.6 Å². The molecule has 0 unspecified atom stereocenters. The van der Waals surface area contributed by atoms with E-state index in [9.17, 15) is 19.0 Å². The summed E-state index contributed by atoms with van der Waals surface area (Å²) in [5.41, 5.74) is 4.03. The van der Waals surface area contributed by atoms with Gasteiger partial charge in [0.05, 0.1) is 0 Å². The molecule has 0 radical (unpaired) electrons. The molecule has 0 aliphatic heterocycles. The van der Waals surface area contributed by atoms with Gasteiger partial charge < -0.3 is 10.2 Å². The summed E-state index contributed by atoms with van der Waals surface area (Å²) in [6.07, 6.45) is 3.83. The van der Waals surface area contributed by atoms with Crippen LogP contribution in [0.3, 0.4) is 0 Å². The maximum atomic E-state index is 14.4. The summed E-state index contributed by atoms with van der Waals surface area (Å²) in [6.45, 7) is 2.04. The number of aryl methyl sites for hydroxylation is 1. The van der Waals surface area contributed by atoms with Crippen molar-refractivity contribution in [1.82, 2.24) is 0 Å². The predicted octanol–water partition coefficient (Wildman–Crippen LogP) is 5.42. The Morgan fingerprint density at radius 2 is 1.75 bits per heavy atom. The summed E-state index contributed by atoms with van der Waals surface area (Å²) in [4.78, 5) is 0. The fourth-order valence-electron chi connectivity index (χ4n) is 3.45. The van der Waals surface area contributed by atoms with Crippen LogP contribution in [0.1, 0.15) is 49.3 Å². The molecule has 0 heterocycles. The lowest BCUT2D eigenvalue weighted by atomic mass is 9.89. The molecule has 4 heteroatoms. The molecule has 0 aromatic heterocycles. The van der Waals surface area contributed by atoms with Gasteiger partial charge in [-0.2, -0.15) is 0 Å². The number of aromatic hydroxyl groups is 2. The Morgan fingerprint density at radius 3 is 2.50 bits per heavy atom. The highest BCUT2D eigenvalue weighted by Gasteiger charge is 2.21. The zero-order chi connectivity index (χ0) is 17.3. The Labute approximate surface area is 140 Å². The molecule has 2 aromatic carbocycles. The Bertz CT molecular complexity index is 810. The number of hydrogen-bond acceptors (Lipinski definition) is 2. The van der Waals surface area contributed by atoms with Crippen LogP contribution >= 0.6 is 0 Å². The van der Waals surface area contributed by atoms with Crippen LogP contribution in [-0.4, -0.2) is 10.2 Å². The van der Waals surface area contributed by atoms with Crippen molar-refractivity contribution >= 4 is 11.1 Å². The van der Waals surface area contributed by atoms with Crippen molar-refractivity contribution < 1.29 is 19.0 Å². The van der Waals surface area contributed by atoms with E-state index in [0.29, 0.717) is 6.42 Å². The van der Waals surface area contributed by atoms with Gasteiger partial charge in [0.25, 0.3) is 0 Å². The zero-order valence-corrected chi connectivity index (χ0v) is 13.6. The average molecular weight is 330 g/mol. The summed E-state index contributed by atoms with van der Waals surface area (Å²) < 4.78 is 28.2. The molecule has 2 N–H and O–H groups in total. The van der Waals surface area contributed by atoms with E-state index in [4.69, 9.17) is 0 Å². The molecular weight excluding hydrogens is 310 g/mol. The molecule has 3 rings (SSSR count). The molecule has 0 amide bonds. The van der Waals surface area contributed by atoms with Gasteiger partial charge >= 0.3 is 0 Å². The van der Waals surface area contributed by atoms with Gasteiger partial charge in [-0.05, 0) is 66.2 Å². The number of allylic oxidation sites excluding steroid dienone is 2. The minimum atomic E-state index is -0.815. The van der Waals surface area contributed by atoms with Crippen LogP contribution < -0.4 is 0 Å². The van der Waals surface area contributed by atoms with Gasteiger partial charge in [-0.1, -0.05) is 19.4 Å². The van der Waals surface area contributed by atoms with E-state index in [-0.39, 0.29) is 11.3 Å². The highest BCUT2D eigenvalue weighted by Crippen LogP contribution is 2.40. The van der Waals surface area contributed by atoms with Crippen LogP contribution in [0.4, 0.5) is 8.78 Å². The third kappa shape index (κ3) is 3.01. The smallest absolute Gasteiger partial charge is 0.165 e. The summed E-state index contributed by atoms with van der Waals surface area (Å²) in [6, 6.07) is 7.16. The van der Waals surface area contributed by atoms with Crippen LogP contribution in [0.2, 0.25) is 0 Å². The third-order valence-corrected chi connectivity index (χ3v) is 4.51. The lowest BCUT2D eigenvalue weighted by molar-refractivity contribution is 0.426. The Morgan fingerprint density at radius 1 is 0.958 bits per heavy atom. The fourth-order valence-corrected chi connectivity index (χ4v) is 3.45. The van der Waals surface area contributed by atoms with Gasteiger partial charge in [0, 0.05) is 11.6 Å². The maximum Gasteiger partial charge on any atom is 0.165 e. The molecule has 24 heavy (non-hydrogen) atoms. The second-order valence-electron chi connectivity index (χ2n) is 6.19. The van der Waals surface area contributed by atoms with E-state index in [2.05, 4.69) is 0 Å². The first kappa shape index (κ1) is 16.5. The molecular formula is C20H20F2O2. The Hall–Kier alpha value is -2.36.